The van der Waals surface area contributed by atoms with Gasteiger partial charge in [-0.15, -0.1) is 0 Å². The number of hydrogen-bond donors (Lipinski definition) is 1. The molecule has 0 fully saturated rings. The highest BCUT2D eigenvalue weighted by atomic mass is 16.5. The maximum Gasteiger partial charge on any atom is 0.126 e. The van der Waals surface area contributed by atoms with Crippen molar-refractivity contribution < 1.29 is 9.84 Å². The summed E-state index contributed by atoms with van der Waals surface area (Å²) in [5, 5.41) is 9.88. The van der Waals surface area contributed by atoms with Crippen molar-refractivity contribution in [2.45, 2.75) is 53.1 Å². The van der Waals surface area contributed by atoms with Crippen LogP contribution in [0.2, 0.25) is 0 Å². The van der Waals surface area contributed by atoms with Gasteiger partial charge in [0.1, 0.15) is 11.5 Å². The molecule has 0 aromatic heterocycles. The molecule has 2 nitrogen and oxygen atoms in total. The van der Waals surface area contributed by atoms with Crippen LogP contribution in [0.15, 0.2) is 12.1 Å². The van der Waals surface area contributed by atoms with Gasteiger partial charge in [-0.05, 0) is 50.8 Å². The molecule has 1 aromatic rings. The first-order valence-corrected chi connectivity index (χ1v) is 6.03. The number of benzene rings is 1. The van der Waals surface area contributed by atoms with E-state index in [0.29, 0.717) is 5.75 Å². The average Bonchev–Trinajstić information content (AvgIpc) is 2.20. The van der Waals surface area contributed by atoms with E-state index >= 15 is 0 Å². The third-order valence-corrected chi connectivity index (χ3v) is 2.54. The number of hydrogen-bond acceptors (Lipinski definition) is 2. The largest absolute Gasteiger partial charge is 0.508 e. The Morgan fingerprint density at radius 3 is 2.56 bits per heavy atom. The Labute approximate surface area is 98.3 Å². The molecule has 0 saturated heterocycles. The zero-order valence-electron chi connectivity index (χ0n) is 10.7. The fourth-order valence-corrected chi connectivity index (χ4v) is 1.69. The molecule has 0 aliphatic carbocycles. The van der Waals surface area contributed by atoms with E-state index in [1.807, 2.05) is 26.8 Å². The SMILES string of the molecule is CCCCc1cc(C)c(OC(C)C)cc1O. The van der Waals surface area contributed by atoms with Gasteiger partial charge in [0, 0.05) is 6.07 Å². The van der Waals surface area contributed by atoms with Crippen LogP contribution in [0.25, 0.3) is 0 Å². The molecule has 0 atom stereocenters. The Balaban J connectivity index is 2.88. The third-order valence-electron chi connectivity index (χ3n) is 2.54. The lowest BCUT2D eigenvalue weighted by molar-refractivity contribution is 0.239. The Morgan fingerprint density at radius 1 is 1.31 bits per heavy atom. The van der Waals surface area contributed by atoms with Crippen LogP contribution in [0.3, 0.4) is 0 Å². The molecule has 0 aliphatic heterocycles. The molecule has 0 saturated carbocycles. The number of phenols is 1. The first-order valence-electron chi connectivity index (χ1n) is 6.03. The Morgan fingerprint density at radius 2 is 2.00 bits per heavy atom. The minimum atomic E-state index is 0.139. The predicted octanol–water partition coefficient (Wildman–Crippen LogP) is 3.83. The van der Waals surface area contributed by atoms with E-state index < -0.39 is 0 Å². The first-order chi connectivity index (χ1) is 7.54. The summed E-state index contributed by atoms with van der Waals surface area (Å²) < 4.78 is 5.63. The van der Waals surface area contributed by atoms with Crippen LogP contribution in [0, 0.1) is 6.92 Å². The minimum Gasteiger partial charge on any atom is -0.508 e. The van der Waals surface area contributed by atoms with Crippen LogP contribution in [-0.4, -0.2) is 11.2 Å². The summed E-state index contributed by atoms with van der Waals surface area (Å²) in [7, 11) is 0. The number of aryl methyl sites for hydroxylation is 2. The van der Waals surface area contributed by atoms with Gasteiger partial charge in [-0.2, -0.15) is 0 Å². The monoisotopic (exact) mass is 222 g/mol. The molecule has 1 aromatic carbocycles. The van der Waals surface area contributed by atoms with Crippen LogP contribution in [0.4, 0.5) is 0 Å². The first kappa shape index (κ1) is 12.9. The highest BCUT2D eigenvalue weighted by molar-refractivity contribution is 5.45. The summed E-state index contributed by atoms with van der Waals surface area (Å²) in [6, 6.07) is 3.77. The molecule has 0 bridgehead atoms. The van der Waals surface area contributed by atoms with Gasteiger partial charge in [0.05, 0.1) is 6.10 Å². The number of rotatable bonds is 5. The van der Waals surface area contributed by atoms with Crippen molar-refractivity contribution in [3.8, 4) is 11.5 Å². The molecule has 0 radical (unpaired) electrons. The predicted molar refractivity (Wildman–Crippen MR) is 67.2 cm³/mol. The van der Waals surface area contributed by atoms with Gasteiger partial charge in [-0.1, -0.05) is 13.3 Å². The Hall–Kier alpha value is -1.18. The molecule has 0 aliphatic rings. The van der Waals surface area contributed by atoms with Crippen LogP contribution < -0.4 is 4.74 Å². The summed E-state index contributed by atoms with van der Waals surface area (Å²) in [6.07, 6.45) is 3.32. The molecule has 0 unspecified atom stereocenters. The highest BCUT2D eigenvalue weighted by Crippen LogP contribution is 2.29. The van der Waals surface area contributed by atoms with E-state index in [1.54, 1.807) is 6.07 Å². The fourth-order valence-electron chi connectivity index (χ4n) is 1.69. The minimum absolute atomic E-state index is 0.139. The highest BCUT2D eigenvalue weighted by Gasteiger charge is 2.08. The smallest absolute Gasteiger partial charge is 0.126 e. The molecule has 0 heterocycles. The summed E-state index contributed by atoms with van der Waals surface area (Å²) >= 11 is 0. The number of unbranched alkanes of at least 4 members (excludes halogenated alkanes) is 1. The molecule has 1 rings (SSSR count). The van der Waals surface area contributed by atoms with Crippen molar-refractivity contribution in [1.82, 2.24) is 0 Å². The van der Waals surface area contributed by atoms with Crippen LogP contribution in [0.5, 0.6) is 11.5 Å². The second kappa shape index (κ2) is 5.78. The zero-order valence-corrected chi connectivity index (χ0v) is 10.7. The van der Waals surface area contributed by atoms with E-state index in [0.717, 1.165) is 36.1 Å². The van der Waals surface area contributed by atoms with Crippen molar-refractivity contribution in [3.63, 3.8) is 0 Å². The molecule has 1 N–H and O–H groups in total. The quantitative estimate of drug-likeness (QED) is 0.820. The normalized spacial score (nSPS) is 10.8. The van der Waals surface area contributed by atoms with Gasteiger partial charge in [0.15, 0.2) is 0 Å². The maximum atomic E-state index is 9.88. The fraction of sp³-hybridized carbons (Fsp3) is 0.571. The van der Waals surface area contributed by atoms with Crippen molar-refractivity contribution in [3.05, 3.63) is 23.3 Å². The number of ether oxygens (including phenoxy) is 1. The van der Waals surface area contributed by atoms with Crippen molar-refractivity contribution in [2.24, 2.45) is 0 Å². The van der Waals surface area contributed by atoms with Crippen molar-refractivity contribution in [1.29, 1.82) is 0 Å². The van der Waals surface area contributed by atoms with E-state index in [-0.39, 0.29) is 6.10 Å². The second-order valence-electron chi connectivity index (χ2n) is 4.52. The van der Waals surface area contributed by atoms with Gasteiger partial charge in [0.25, 0.3) is 0 Å². The summed E-state index contributed by atoms with van der Waals surface area (Å²) in [5.74, 6) is 1.14. The summed E-state index contributed by atoms with van der Waals surface area (Å²) in [5.41, 5.74) is 2.12. The lowest BCUT2D eigenvalue weighted by Gasteiger charge is -2.14. The lowest BCUT2D eigenvalue weighted by Crippen LogP contribution is -2.06. The average molecular weight is 222 g/mol. The zero-order chi connectivity index (χ0) is 12.1. The molecule has 0 amide bonds. The van der Waals surface area contributed by atoms with Gasteiger partial charge < -0.3 is 9.84 Å². The molecule has 16 heavy (non-hydrogen) atoms. The van der Waals surface area contributed by atoms with Crippen molar-refractivity contribution >= 4 is 0 Å². The van der Waals surface area contributed by atoms with E-state index in [9.17, 15) is 5.11 Å². The lowest BCUT2D eigenvalue weighted by atomic mass is 10.0. The van der Waals surface area contributed by atoms with Crippen LogP contribution >= 0.6 is 0 Å². The standard InChI is InChI=1S/C14H22O2/c1-5-6-7-12-8-11(4)14(9-13(12)15)16-10(2)3/h8-10,15H,5-7H2,1-4H3. The van der Waals surface area contributed by atoms with Gasteiger partial charge in [0.2, 0.25) is 0 Å². The van der Waals surface area contributed by atoms with E-state index in [1.165, 1.54) is 0 Å². The third kappa shape index (κ3) is 3.44. The van der Waals surface area contributed by atoms with Crippen LogP contribution in [-0.2, 0) is 6.42 Å². The van der Waals surface area contributed by atoms with Crippen molar-refractivity contribution in [2.75, 3.05) is 0 Å². The number of aromatic hydroxyl groups is 1. The van der Waals surface area contributed by atoms with Gasteiger partial charge in [-0.25, -0.2) is 0 Å². The van der Waals surface area contributed by atoms with E-state index in [2.05, 4.69) is 6.92 Å². The molecular formula is C14H22O2. The topological polar surface area (TPSA) is 29.5 Å². The Kier molecular flexibility index (Phi) is 4.66. The second-order valence-corrected chi connectivity index (χ2v) is 4.52. The molecule has 2 heteroatoms. The van der Waals surface area contributed by atoms with E-state index in [4.69, 9.17) is 4.74 Å². The summed E-state index contributed by atoms with van der Waals surface area (Å²) in [6.45, 7) is 8.15. The molecular weight excluding hydrogens is 200 g/mol. The molecule has 90 valence electrons. The van der Waals surface area contributed by atoms with Gasteiger partial charge >= 0.3 is 0 Å². The number of phenolic OH excluding ortho intramolecular Hbond substituents is 1. The Bertz CT molecular complexity index is 343. The molecule has 0 spiro atoms. The maximum absolute atomic E-state index is 9.88. The van der Waals surface area contributed by atoms with Crippen LogP contribution in [0.1, 0.15) is 44.7 Å². The summed E-state index contributed by atoms with van der Waals surface area (Å²) in [4.78, 5) is 0. The van der Waals surface area contributed by atoms with Gasteiger partial charge in [-0.3, -0.25) is 0 Å².